The standard InChI is InChI=1S/C14H12N6OS2/c1-8-6-9(2)20-13(15-8)17-18-14(20)23-7-11-16-12(19-21-11)10-4-3-5-22-10/h3-6H,7H2,1-2H3. The van der Waals surface area contributed by atoms with Crippen molar-refractivity contribution in [1.29, 1.82) is 0 Å². The Hall–Kier alpha value is -2.26. The van der Waals surface area contributed by atoms with Crippen LogP contribution in [0.3, 0.4) is 0 Å². The Morgan fingerprint density at radius 1 is 1.26 bits per heavy atom. The maximum absolute atomic E-state index is 5.30. The molecule has 0 saturated carbocycles. The number of rotatable bonds is 4. The van der Waals surface area contributed by atoms with Crippen LogP contribution in [-0.4, -0.2) is 29.7 Å². The van der Waals surface area contributed by atoms with E-state index in [2.05, 4.69) is 25.3 Å². The minimum atomic E-state index is 0.534. The van der Waals surface area contributed by atoms with Gasteiger partial charge in [-0.1, -0.05) is 23.0 Å². The first-order valence-electron chi connectivity index (χ1n) is 6.89. The van der Waals surface area contributed by atoms with Crippen LogP contribution in [0.5, 0.6) is 0 Å². The fraction of sp³-hybridized carbons (Fsp3) is 0.214. The molecule has 0 N–H and O–H groups in total. The van der Waals surface area contributed by atoms with Crippen molar-refractivity contribution < 1.29 is 4.52 Å². The predicted octanol–water partition coefficient (Wildman–Crippen LogP) is 3.14. The second-order valence-corrected chi connectivity index (χ2v) is 6.82. The summed E-state index contributed by atoms with van der Waals surface area (Å²) in [5.41, 5.74) is 1.97. The summed E-state index contributed by atoms with van der Waals surface area (Å²) in [6.45, 7) is 3.95. The van der Waals surface area contributed by atoms with E-state index in [0.29, 0.717) is 23.2 Å². The van der Waals surface area contributed by atoms with Crippen LogP contribution in [0.1, 0.15) is 17.3 Å². The molecule has 0 radical (unpaired) electrons. The number of hydrogen-bond acceptors (Lipinski definition) is 8. The van der Waals surface area contributed by atoms with Gasteiger partial charge in [0.25, 0.3) is 5.78 Å². The average Bonchev–Trinajstić information content (AvgIpc) is 3.25. The molecule has 0 saturated heterocycles. The number of thioether (sulfide) groups is 1. The summed E-state index contributed by atoms with van der Waals surface area (Å²) in [5, 5.41) is 15.1. The molecule has 0 unspecified atom stereocenters. The third-order valence-electron chi connectivity index (χ3n) is 3.20. The Morgan fingerprint density at radius 2 is 2.17 bits per heavy atom. The molecule has 0 aliphatic heterocycles. The largest absolute Gasteiger partial charge is 0.338 e. The van der Waals surface area contributed by atoms with E-state index in [-0.39, 0.29) is 0 Å². The van der Waals surface area contributed by atoms with Crippen molar-refractivity contribution in [3.8, 4) is 10.7 Å². The molecule has 4 aromatic rings. The van der Waals surface area contributed by atoms with Crippen molar-refractivity contribution in [2.45, 2.75) is 24.8 Å². The lowest BCUT2D eigenvalue weighted by Crippen LogP contribution is -1.97. The Balaban J connectivity index is 1.56. The third-order valence-corrected chi connectivity index (χ3v) is 4.98. The van der Waals surface area contributed by atoms with E-state index in [1.807, 2.05) is 41.8 Å². The average molecular weight is 344 g/mol. The number of aromatic nitrogens is 6. The lowest BCUT2D eigenvalue weighted by molar-refractivity contribution is 0.391. The van der Waals surface area contributed by atoms with Crippen molar-refractivity contribution in [2.24, 2.45) is 0 Å². The number of nitrogens with zero attached hydrogens (tertiary/aromatic N) is 6. The zero-order valence-electron chi connectivity index (χ0n) is 12.4. The topological polar surface area (TPSA) is 82.0 Å². The summed E-state index contributed by atoms with van der Waals surface area (Å²) >= 11 is 3.08. The van der Waals surface area contributed by atoms with Gasteiger partial charge in [0.05, 0.1) is 10.6 Å². The maximum atomic E-state index is 5.30. The molecule has 7 nitrogen and oxygen atoms in total. The number of aryl methyl sites for hydroxylation is 2. The Kier molecular flexibility index (Phi) is 3.58. The molecule has 0 aromatic carbocycles. The Labute approximate surface area is 139 Å². The van der Waals surface area contributed by atoms with Gasteiger partial charge < -0.3 is 4.52 Å². The molecule has 0 aliphatic carbocycles. The molecule has 0 aliphatic rings. The van der Waals surface area contributed by atoms with Crippen LogP contribution in [0.2, 0.25) is 0 Å². The second kappa shape index (κ2) is 5.74. The van der Waals surface area contributed by atoms with Crippen LogP contribution in [0.15, 0.2) is 33.3 Å². The minimum Gasteiger partial charge on any atom is -0.338 e. The molecule has 4 aromatic heterocycles. The molecule has 0 spiro atoms. The molecule has 23 heavy (non-hydrogen) atoms. The van der Waals surface area contributed by atoms with Gasteiger partial charge in [-0.05, 0) is 31.4 Å². The van der Waals surface area contributed by atoms with E-state index in [1.165, 1.54) is 11.8 Å². The third kappa shape index (κ3) is 2.73. The van der Waals surface area contributed by atoms with Crippen LogP contribution < -0.4 is 0 Å². The first kappa shape index (κ1) is 14.3. The number of fused-ring (bicyclic) bond motifs is 1. The fourth-order valence-electron chi connectivity index (χ4n) is 2.24. The van der Waals surface area contributed by atoms with Gasteiger partial charge in [0.1, 0.15) is 0 Å². The Bertz CT molecular complexity index is 959. The van der Waals surface area contributed by atoms with E-state index >= 15 is 0 Å². The molecular formula is C14H12N6OS2. The zero-order chi connectivity index (χ0) is 15.8. The van der Waals surface area contributed by atoms with E-state index < -0.39 is 0 Å². The zero-order valence-corrected chi connectivity index (χ0v) is 14.1. The van der Waals surface area contributed by atoms with Gasteiger partial charge >= 0.3 is 0 Å². The normalized spacial score (nSPS) is 11.4. The van der Waals surface area contributed by atoms with Gasteiger partial charge in [-0.2, -0.15) is 4.98 Å². The van der Waals surface area contributed by atoms with Gasteiger partial charge in [-0.25, -0.2) is 4.98 Å². The maximum Gasteiger partial charge on any atom is 0.256 e. The van der Waals surface area contributed by atoms with Gasteiger partial charge in [0.15, 0.2) is 5.16 Å². The lowest BCUT2D eigenvalue weighted by Gasteiger charge is -2.02. The molecule has 0 atom stereocenters. The molecule has 0 amide bonds. The van der Waals surface area contributed by atoms with Crippen LogP contribution in [0, 0.1) is 13.8 Å². The van der Waals surface area contributed by atoms with E-state index in [4.69, 9.17) is 4.52 Å². The number of hydrogen-bond donors (Lipinski definition) is 0. The van der Waals surface area contributed by atoms with Crippen molar-refractivity contribution in [3.63, 3.8) is 0 Å². The summed E-state index contributed by atoms with van der Waals surface area (Å²) < 4.78 is 7.22. The molecule has 0 bridgehead atoms. The highest BCUT2D eigenvalue weighted by molar-refractivity contribution is 7.98. The summed E-state index contributed by atoms with van der Waals surface area (Å²) in [5.74, 6) is 2.32. The highest BCUT2D eigenvalue weighted by atomic mass is 32.2. The molecular weight excluding hydrogens is 332 g/mol. The molecule has 4 rings (SSSR count). The monoisotopic (exact) mass is 344 g/mol. The molecule has 9 heteroatoms. The van der Waals surface area contributed by atoms with Crippen LogP contribution in [0.4, 0.5) is 0 Å². The first-order valence-corrected chi connectivity index (χ1v) is 8.76. The quantitative estimate of drug-likeness (QED) is 0.526. The van der Waals surface area contributed by atoms with Gasteiger partial charge in [0.2, 0.25) is 11.7 Å². The number of thiophene rings is 1. The highest BCUT2D eigenvalue weighted by Gasteiger charge is 2.14. The summed E-state index contributed by atoms with van der Waals surface area (Å²) in [7, 11) is 0. The van der Waals surface area contributed by atoms with Crippen molar-refractivity contribution in [3.05, 3.63) is 40.9 Å². The smallest absolute Gasteiger partial charge is 0.256 e. The summed E-state index contributed by atoms with van der Waals surface area (Å²) in [6.07, 6.45) is 0. The lowest BCUT2D eigenvalue weighted by atomic mass is 10.3. The second-order valence-electron chi connectivity index (χ2n) is 4.93. The van der Waals surface area contributed by atoms with Crippen LogP contribution in [0.25, 0.3) is 16.5 Å². The van der Waals surface area contributed by atoms with E-state index in [0.717, 1.165) is 21.4 Å². The minimum absolute atomic E-state index is 0.534. The molecule has 4 heterocycles. The van der Waals surface area contributed by atoms with Crippen LogP contribution >= 0.6 is 23.1 Å². The van der Waals surface area contributed by atoms with Gasteiger partial charge in [-0.3, -0.25) is 4.40 Å². The van der Waals surface area contributed by atoms with E-state index in [9.17, 15) is 0 Å². The van der Waals surface area contributed by atoms with Crippen molar-refractivity contribution in [2.75, 3.05) is 0 Å². The van der Waals surface area contributed by atoms with Crippen molar-refractivity contribution in [1.82, 2.24) is 29.7 Å². The van der Waals surface area contributed by atoms with Gasteiger partial charge in [0, 0.05) is 11.4 Å². The SMILES string of the molecule is Cc1cc(C)n2c(SCc3nc(-c4cccs4)no3)nnc2n1. The van der Waals surface area contributed by atoms with Crippen LogP contribution in [-0.2, 0) is 5.75 Å². The summed E-state index contributed by atoms with van der Waals surface area (Å²) in [6, 6.07) is 5.93. The van der Waals surface area contributed by atoms with Gasteiger partial charge in [-0.15, -0.1) is 21.5 Å². The molecule has 0 fully saturated rings. The van der Waals surface area contributed by atoms with E-state index in [1.54, 1.807) is 11.3 Å². The predicted molar refractivity (Wildman–Crippen MR) is 87.4 cm³/mol. The summed E-state index contributed by atoms with van der Waals surface area (Å²) in [4.78, 5) is 9.78. The van der Waals surface area contributed by atoms with Crippen molar-refractivity contribution >= 4 is 28.9 Å². The first-order chi connectivity index (χ1) is 11.2. The highest BCUT2D eigenvalue weighted by Crippen LogP contribution is 2.25. The Morgan fingerprint density at radius 3 is 3.00 bits per heavy atom. The fourth-order valence-corrected chi connectivity index (χ4v) is 3.71. The molecule has 116 valence electrons.